The lowest BCUT2D eigenvalue weighted by atomic mass is 10.1. The second-order valence-electron chi connectivity index (χ2n) is 5.06. The molecular formula is C17H14N4O2S. The summed E-state index contributed by atoms with van der Waals surface area (Å²) < 4.78 is 11.3. The summed E-state index contributed by atoms with van der Waals surface area (Å²) in [5.41, 5.74) is 2.46. The van der Waals surface area contributed by atoms with Gasteiger partial charge in [0, 0.05) is 11.3 Å². The second kappa shape index (κ2) is 6.37. The fourth-order valence-corrected chi connectivity index (χ4v) is 2.71. The first-order valence-electron chi connectivity index (χ1n) is 7.36. The van der Waals surface area contributed by atoms with Gasteiger partial charge in [0.15, 0.2) is 11.9 Å². The summed E-state index contributed by atoms with van der Waals surface area (Å²) in [5.74, 6) is 1.21. The number of fused-ring (bicyclic) bond motifs is 3. The third-order valence-corrected chi connectivity index (χ3v) is 4.05. The molecule has 0 unspecified atom stereocenters. The third kappa shape index (κ3) is 2.85. The van der Waals surface area contributed by atoms with Crippen LogP contribution in [0.1, 0.15) is 5.76 Å². The highest BCUT2D eigenvalue weighted by molar-refractivity contribution is 7.98. The van der Waals surface area contributed by atoms with Crippen LogP contribution in [0.3, 0.4) is 0 Å². The van der Waals surface area contributed by atoms with Crippen molar-refractivity contribution in [2.75, 3.05) is 11.6 Å². The van der Waals surface area contributed by atoms with Gasteiger partial charge in [-0.05, 0) is 36.6 Å². The lowest BCUT2D eigenvalue weighted by Crippen LogP contribution is -2.23. The molecule has 0 radical (unpaired) electrons. The molecule has 0 amide bonds. The average molecular weight is 338 g/mol. The number of hydrogen-bond donors (Lipinski definition) is 1. The van der Waals surface area contributed by atoms with Crippen LogP contribution >= 0.6 is 11.8 Å². The summed E-state index contributed by atoms with van der Waals surface area (Å²) >= 11 is 1.42. The van der Waals surface area contributed by atoms with Crippen molar-refractivity contribution in [2.45, 2.75) is 11.4 Å². The maximum atomic E-state index is 6.01. The van der Waals surface area contributed by atoms with Crippen LogP contribution in [-0.4, -0.2) is 27.7 Å². The van der Waals surface area contributed by atoms with Crippen LogP contribution in [0.4, 0.5) is 5.69 Å². The zero-order valence-corrected chi connectivity index (χ0v) is 13.7. The molecule has 6 nitrogen and oxygen atoms in total. The smallest absolute Gasteiger partial charge is 0.247 e. The molecule has 0 bridgehead atoms. The zero-order valence-electron chi connectivity index (χ0n) is 12.8. The second-order valence-corrected chi connectivity index (χ2v) is 5.83. The molecule has 1 N–H and O–H groups in total. The van der Waals surface area contributed by atoms with E-state index in [1.165, 1.54) is 11.8 Å². The number of hydrogen-bond acceptors (Lipinski definition) is 7. The van der Waals surface area contributed by atoms with Crippen LogP contribution in [0, 0.1) is 0 Å². The predicted octanol–water partition coefficient (Wildman–Crippen LogP) is 3.70. The minimum absolute atomic E-state index is 0.399. The van der Waals surface area contributed by atoms with Gasteiger partial charge in [-0.2, -0.15) is 4.98 Å². The van der Waals surface area contributed by atoms with Crippen LogP contribution in [0.25, 0.3) is 17.3 Å². The molecule has 0 aliphatic carbocycles. The summed E-state index contributed by atoms with van der Waals surface area (Å²) in [6.07, 6.45) is 6.87. The van der Waals surface area contributed by atoms with Gasteiger partial charge < -0.3 is 14.5 Å². The Kier molecular flexibility index (Phi) is 3.92. The molecule has 1 aromatic carbocycles. The van der Waals surface area contributed by atoms with Crippen molar-refractivity contribution < 1.29 is 9.15 Å². The van der Waals surface area contributed by atoms with Crippen LogP contribution in [0.5, 0.6) is 5.88 Å². The monoisotopic (exact) mass is 338 g/mol. The van der Waals surface area contributed by atoms with Gasteiger partial charge in [-0.1, -0.05) is 30.0 Å². The molecule has 0 saturated carbocycles. The highest BCUT2D eigenvalue weighted by atomic mass is 32.2. The number of anilines is 1. The van der Waals surface area contributed by atoms with Gasteiger partial charge in [0.05, 0.1) is 6.26 Å². The first kappa shape index (κ1) is 14.8. The molecule has 1 aliphatic heterocycles. The summed E-state index contributed by atoms with van der Waals surface area (Å²) in [5, 5.41) is 12.3. The SMILES string of the molecule is CSc1nnc2c(n1)O[C@@H](C=Cc1ccco1)Nc1ccccc1-2. The fourth-order valence-electron chi connectivity index (χ4n) is 2.41. The van der Waals surface area contributed by atoms with E-state index in [-0.39, 0.29) is 0 Å². The Balaban J connectivity index is 1.75. The van der Waals surface area contributed by atoms with Crippen LogP contribution in [0.15, 0.2) is 58.3 Å². The van der Waals surface area contributed by atoms with Gasteiger partial charge >= 0.3 is 0 Å². The summed E-state index contributed by atoms with van der Waals surface area (Å²) in [7, 11) is 0. The van der Waals surface area contributed by atoms with Crippen molar-refractivity contribution in [1.29, 1.82) is 0 Å². The van der Waals surface area contributed by atoms with Crippen molar-refractivity contribution in [1.82, 2.24) is 15.2 Å². The Morgan fingerprint density at radius 1 is 1.17 bits per heavy atom. The molecule has 4 rings (SSSR count). The molecule has 3 heterocycles. The molecule has 0 fully saturated rings. The third-order valence-electron chi connectivity index (χ3n) is 3.51. The maximum Gasteiger partial charge on any atom is 0.247 e. The van der Waals surface area contributed by atoms with E-state index in [4.69, 9.17) is 9.15 Å². The Morgan fingerprint density at radius 3 is 2.92 bits per heavy atom. The number of ether oxygens (including phenoxy) is 1. The summed E-state index contributed by atoms with van der Waals surface area (Å²) in [4.78, 5) is 4.46. The molecule has 0 saturated heterocycles. The first-order valence-corrected chi connectivity index (χ1v) is 8.59. The lowest BCUT2D eigenvalue weighted by Gasteiger charge is -2.15. The van der Waals surface area contributed by atoms with E-state index in [2.05, 4.69) is 20.5 Å². The normalized spacial score (nSPS) is 16.0. The largest absolute Gasteiger partial charge is 0.465 e. The molecular weight excluding hydrogens is 324 g/mol. The number of para-hydroxylation sites is 1. The Morgan fingerprint density at radius 2 is 2.08 bits per heavy atom. The maximum absolute atomic E-state index is 6.01. The minimum Gasteiger partial charge on any atom is -0.465 e. The molecule has 24 heavy (non-hydrogen) atoms. The molecule has 2 aromatic heterocycles. The molecule has 120 valence electrons. The number of rotatable bonds is 3. The van der Waals surface area contributed by atoms with Gasteiger partial charge in [-0.25, -0.2) is 0 Å². The van der Waals surface area contributed by atoms with E-state index in [1.807, 2.05) is 54.8 Å². The van der Waals surface area contributed by atoms with E-state index in [9.17, 15) is 0 Å². The van der Waals surface area contributed by atoms with Crippen LogP contribution < -0.4 is 10.1 Å². The number of nitrogens with zero attached hydrogens (tertiary/aromatic N) is 3. The van der Waals surface area contributed by atoms with Gasteiger partial charge in [-0.3, -0.25) is 0 Å². The highest BCUT2D eigenvalue weighted by Gasteiger charge is 2.23. The highest BCUT2D eigenvalue weighted by Crippen LogP contribution is 2.36. The van der Waals surface area contributed by atoms with E-state index in [0.717, 1.165) is 17.0 Å². The van der Waals surface area contributed by atoms with Crippen LogP contribution in [-0.2, 0) is 0 Å². The van der Waals surface area contributed by atoms with Crippen LogP contribution in [0.2, 0.25) is 0 Å². The topological polar surface area (TPSA) is 73.1 Å². The van der Waals surface area contributed by atoms with E-state index in [0.29, 0.717) is 16.7 Å². The Labute approximate surface area is 143 Å². The van der Waals surface area contributed by atoms with E-state index >= 15 is 0 Å². The number of benzene rings is 1. The first-order chi connectivity index (χ1) is 11.8. The summed E-state index contributed by atoms with van der Waals surface area (Å²) in [6.45, 7) is 0. The Bertz CT molecular complexity index is 880. The molecule has 3 aromatic rings. The quantitative estimate of drug-likeness (QED) is 0.730. The number of nitrogens with one attached hydrogen (secondary N) is 1. The zero-order chi connectivity index (χ0) is 16.4. The molecule has 0 spiro atoms. The number of aromatic nitrogens is 3. The molecule has 1 aliphatic rings. The van der Waals surface area contributed by atoms with E-state index < -0.39 is 6.23 Å². The number of furan rings is 1. The van der Waals surface area contributed by atoms with Gasteiger partial charge in [0.1, 0.15) is 5.76 Å². The van der Waals surface area contributed by atoms with Gasteiger partial charge in [0.25, 0.3) is 0 Å². The fraction of sp³-hybridized carbons (Fsp3) is 0.118. The van der Waals surface area contributed by atoms with Crippen molar-refractivity contribution in [3.05, 3.63) is 54.5 Å². The van der Waals surface area contributed by atoms with Crippen molar-refractivity contribution in [3.8, 4) is 17.1 Å². The minimum atomic E-state index is -0.399. The molecule has 7 heteroatoms. The standard InChI is InChI=1S/C17H14N4O2S/c1-24-17-19-16-15(20-21-17)12-6-2-3-7-13(12)18-14(23-16)9-8-11-5-4-10-22-11/h2-10,14,18H,1H3/t14-/m0/s1. The van der Waals surface area contributed by atoms with Gasteiger partial charge in [-0.15, -0.1) is 10.2 Å². The number of thioether (sulfide) groups is 1. The summed E-state index contributed by atoms with van der Waals surface area (Å²) in [6, 6.07) is 11.6. The van der Waals surface area contributed by atoms with Gasteiger partial charge in [0.2, 0.25) is 11.0 Å². The average Bonchev–Trinajstić information content (AvgIpc) is 3.08. The predicted molar refractivity (Wildman–Crippen MR) is 92.8 cm³/mol. The molecule has 1 atom stereocenters. The Hall–Kier alpha value is -2.80. The lowest BCUT2D eigenvalue weighted by molar-refractivity contribution is 0.266. The van der Waals surface area contributed by atoms with Crippen molar-refractivity contribution in [2.24, 2.45) is 0 Å². The van der Waals surface area contributed by atoms with Crippen molar-refractivity contribution >= 4 is 23.5 Å². The van der Waals surface area contributed by atoms with Crippen molar-refractivity contribution in [3.63, 3.8) is 0 Å². The van der Waals surface area contributed by atoms with E-state index in [1.54, 1.807) is 6.26 Å².